The molecule has 0 aliphatic carbocycles. The predicted molar refractivity (Wildman–Crippen MR) is 86.9 cm³/mol. The summed E-state index contributed by atoms with van der Waals surface area (Å²) in [6, 6.07) is 20.1. The van der Waals surface area contributed by atoms with E-state index in [0.29, 0.717) is 12.0 Å². The van der Waals surface area contributed by atoms with Gasteiger partial charge in [-0.2, -0.15) is 0 Å². The molecule has 2 rings (SSSR count). The molecular formula is C19H25N. The third-order valence-corrected chi connectivity index (χ3v) is 3.68. The van der Waals surface area contributed by atoms with E-state index in [4.69, 9.17) is 0 Å². The number of nitrogens with one attached hydrogen (secondary N) is 1. The Morgan fingerprint density at radius 2 is 1.45 bits per heavy atom. The van der Waals surface area contributed by atoms with Crippen molar-refractivity contribution in [2.75, 3.05) is 6.54 Å². The molecule has 0 radical (unpaired) electrons. The fourth-order valence-corrected chi connectivity index (χ4v) is 2.63. The molecule has 1 nitrogen and oxygen atoms in total. The molecule has 0 aliphatic rings. The summed E-state index contributed by atoms with van der Waals surface area (Å²) >= 11 is 0. The van der Waals surface area contributed by atoms with E-state index in [2.05, 4.69) is 80.7 Å². The van der Waals surface area contributed by atoms with Gasteiger partial charge in [-0.05, 0) is 35.6 Å². The van der Waals surface area contributed by atoms with Gasteiger partial charge in [0.25, 0.3) is 0 Å². The molecule has 0 heterocycles. The van der Waals surface area contributed by atoms with Crippen molar-refractivity contribution in [3.05, 3.63) is 71.3 Å². The molecule has 1 atom stereocenters. The maximum absolute atomic E-state index is 3.57. The van der Waals surface area contributed by atoms with E-state index in [1.54, 1.807) is 0 Å². The Morgan fingerprint density at radius 3 is 2.00 bits per heavy atom. The van der Waals surface area contributed by atoms with E-state index in [1.165, 1.54) is 16.7 Å². The zero-order valence-corrected chi connectivity index (χ0v) is 12.8. The second-order valence-corrected chi connectivity index (χ2v) is 5.68. The molecule has 2 aromatic rings. The first kappa shape index (κ1) is 14.8. The molecule has 0 aromatic heterocycles. The third-order valence-electron chi connectivity index (χ3n) is 3.68. The molecule has 0 fully saturated rings. The van der Waals surface area contributed by atoms with E-state index < -0.39 is 0 Å². The fraction of sp³-hybridized carbons (Fsp3) is 0.368. The Morgan fingerprint density at radius 1 is 0.850 bits per heavy atom. The molecule has 1 heteroatoms. The highest BCUT2D eigenvalue weighted by Gasteiger charge is 2.13. The maximum atomic E-state index is 3.57. The lowest BCUT2D eigenvalue weighted by atomic mass is 9.94. The molecule has 0 saturated heterocycles. The molecule has 0 amide bonds. The van der Waals surface area contributed by atoms with Gasteiger partial charge in [0.05, 0.1) is 0 Å². The lowest BCUT2D eigenvalue weighted by Crippen LogP contribution is -2.25. The summed E-state index contributed by atoms with van der Waals surface area (Å²) in [5, 5.41) is 3.57. The highest BCUT2D eigenvalue weighted by atomic mass is 14.9. The van der Waals surface area contributed by atoms with Gasteiger partial charge < -0.3 is 5.32 Å². The van der Waals surface area contributed by atoms with Crippen LogP contribution in [0.25, 0.3) is 0 Å². The fourth-order valence-electron chi connectivity index (χ4n) is 2.63. The van der Waals surface area contributed by atoms with Gasteiger partial charge in [-0.3, -0.25) is 0 Å². The second-order valence-electron chi connectivity index (χ2n) is 5.68. The van der Waals surface area contributed by atoms with Crippen molar-refractivity contribution in [2.24, 2.45) is 5.92 Å². The van der Waals surface area contributed by atoms with Crippen LogP contribution in [0, 0.1) is 5.92 Å². The molecule has 1 N–H and O–H groups in total. The number of benzene rings is 2. The van der Waals surface area contributed by atoms with Crippen molar-refractivity contribution >= 4 is 0 Å². The van der Waals surface area contributed by atoms with Crippen molar-refractivity contribution in [3.8, 4) is 0 Å². The van der Waals surface area contributed by atoms with E-state index in [0.717, 1.165) is 13.0 Å². The lowest BCUT2D eigenvalue weighted by Gasteiger charge is -2.22. The van der Waals surface area contributed by atoms with Crippen LogP contribution in [0.2, 0.25) is 0 Å². The molecule has 1 unspecified atom stereocenters. The van der Waals surface area contributed by atoms with Crippen molar-refractivity contribution in [1.82, 2.24) is 5.32 Å². The molecule has 0 bridgehead atoms. The largest absolute Gasteiger partial charge is 0.310 e. The van der Waals surface area contributed by atoms with Crippen molar-refractivity contribution < 1.29 is 0 Å². The normalized spacial score (nSPS) is 12.6. The number of hydrogen-bond acceptors (Lipinski definition) is 1. The van der Waals surface area contributed by atoms with Crippen LogP contribution in [0.15, 0.2) is 54.6 Å². The molecule has 20 heavy (non-hydrogen) atoms. The van der Waals surface area contributed by atoms with Crippen LogP contribution in [0.1, 0.15) is 43.5 Å². The van der Waals surface area contributed by atoms with Crippen molar-refractivity contribution in [1.29, 1.82) is 0 Å². The zero-order chi connectivity index (χ0) is 14.4. The van der Waals surface area contributed by atoms with Crippen molar-refractivity contribution in [2.45, 2.75) is 33.2 Å². The molecule has 0 saturated carbocycles. The van der Waals surface area contributed by atoms with Gasteiger partial charge in [0.1, 0.15) is 0 Å². The maximum Gasteiger partial charge on any atom is 0.0343 e. The van der Waals surface area contributed by atoms with Gasteiger partial charge >= 0.3 is 0 Å². The summed E-state index contributed by atoms with van der Waals surface area (Å²) in [5.41, 5.74) is 4.13. The zero-order valence-electron chi connectivity index (χ0n) is 12.8. The smallest absolute Gasteiger partial charge is 0.0343 e. The predicted octanol–water partition coefficient (Wildman–Crippen LogP) is 4.58. The minimum atomic E-state index is 0.450. The average molecular weight is 267 g/mol. The standard InChI is InChI=1S/C19H25N/c1-4-20-19(15(2)3)18-12-10-17(11-13-18)14-16-8-6-5-7-9-16/h5-13,15,19-20H,4,14H2,1-3H3. The first-order valence-corrected chi connectivity index (χ1v) is 7.57. The summed E-state index contributed by atoms with van der Waals surface area (Å²) in [4.78, 5) is 0. The van der Waals surface area contributed by atoms with Crippen LogP contribution in [-0.2, 0) is 6.42 Å². The highest BCUT2D eigenvalue weighted by molar-refractivity contribution is 5.30. The quantitative estimate of drug-likeness (QED) is 0.807. The summed E-state index contributed by atoms with van der Waals surface area (Å²) in [6.45, 7) is 7.71. The Kier molecular flexibility index (Phi) is 5.37. The van der Waals surface area contributed by atoms with Gasteiger partial charge in [-0.25, -0.2) is 0 Å². The summed E-state index contributed by atoms with van der Waals surface area (Å²) in [6.07, 6.45) is 1.01. The van der Waals surface area contributed by atoms with Gasteiger partial charge in [0.2, 0.25) is 0 Å². The minimum Gasteiger partial charge on any atom is -0.310 e. The number of rotatable bonds is 6. The Hall–Kier alpha value is -1.60. The average Bonchev–Trinajstić information content (AvgIpc) is 2.47. The Balaban J connectivity index is 2.09. The van der Waals surface area contributed by atoms with E-state index in [9.17, 15) is 0 Å². The Labute approximate surface area is 123 Å². The SMILES string of the molecule is CCNC(c1ccc(Cc2ccccc2)cc1)C(C)C. The summed E-state index contributed by atoms with van der Waals surface area (Å²) < 4.78 is 0. The van der Waals surface area contributed by atoms with E-state index >= 15 is 0 Å². The molecule has 0 spiro atoms. The molecular weight excluding hydrogens is 242 g/mol. The van der Waals surface area contributed by atoms with E-state index in [1.807, 2.05) is 0 Å². The number of hydrogen-bond donors (Lipinski definition) is 1. The summed E-state index contributed by atoms with van der Waals surface area (Å²) in [7, 11) is 0. The van der Waals surface area contributed by atoms with Crippen LogP contribution in [0.3, 0.4) is 0 Å². The van der Waals surface area contributed by atoms with Crippen LogP contribution in [-0.4, -0.2) is 6.54 Å². The topological polar surface area (TPSA) is 12.0 Å². The minimum absolute atomic E-state index is 0.450. The second kappa shape index (κ2) is 7.25. The molecule has 106 valence electrons. The Bertz CT molecular complexity index is 499. The van der Waals surface area contributed by atoms with Crippen molar-refractivity contribution in [3.63, 3.8) is 0 Å². The highest BCUT2D eigenvalue weighted by Crippen LogP contribution is 2.22. The molecule has 2 aromatic carbocycles. The molecule has 0 aliphatic heterocycles. The van der Waals surface area contributed by atoms with Gasteiger partial charge in [0.15, 0.2) is 0 Å². The third kappa shape index (κ3) is 3.94. The first-order valence-electron chi connectivity index (χ1n) is 7.57. The van der Waals surface area contributed by atoms with E-state index in [-0.39, 0.29) is 0 Å². The van der Waals surface area contributed by atoms with Crippen LogP contribution >= 0.6 is 0 Å². The van der Waals surface area contributed by atoms with Crippen LogP contribution in [0.5, 0.6) is 0 Å². The van der Waals surface area contributed by atoms with Gasteiger partial charge in [0, 0.05) is 6.04 Å². The first-order chi connectivity index (χ1) is 9.70. The van der Waals surface area contributed by atoms with Crippen LogP contribution < -0.4 is 5.32 Å². The van der Waals surface area contributed by atoms with Gasteiger partial charge in [-0.1, -0.05) is 75.4 Å². The van der Waals surface area contributed by atoms with Gasteiger partial charge in [-0.15, -0.1) is 0 Å². The monoisotopic (exact) mass is 267 g/mol. The summed E-state index contributed by atoms with van der Waals surface area (Å²) in [5.74, 6) is 0.606. The van der Waals surface area contributed by atoms with Crippen LogP contribution in [0.4, 0.5) is 0 Å². The lowest BCUT2D eigenvalue weighted by molar-refractivity contribution is 0.421.